The molecule has 0 saturated carbocycles. The summed E-state index contributed by atoms with van der Waals surface area (Å²) in [5, 5.41) is 5.25. The molecule has 158 valence electrons. The fourth-order valence-electron chi connectivity index (χ4n) is 3.88. The summed E-state index contributed by atoms with van der Waals surface area (Å²) >= 11 is 0. The molecule has 2 aliphatic rings. The average molecular weight is 421 g/mol. The van der Waals surface area contributed by atoms with Gasteiger partial charge in [0.15, 0.2) is 0 Å². The molecule has 2 N–H and O–H groups in total. The molecule has 2 atom stereocenters. The van der Waals surface area contributed by atoms with Gasteiger partial charge in [0, 0.05) is 5.69 Å². The van der Waals surface area contributed by atoms with Gasteiger partial charge in [-0.1, -0.05) is 24.3 Å². The number of likely N-dealkylation sites (tertiary alicyclic amines) is 1. The molecule has 0 aromatic heterocycles. The number of fused-ring (bicyclic) bond motifs is 1. The highest BCUT2D eigenvalue weighted by molar-refractivity contribution is 6.12. The SMILES string of the molecule is O=C(CN1C(=O)[C@@H]2CC=CC[C@H]2C1=O)Nc1ccccc1C(=O)Nc1ccc(F)cc1. The molecule has 1 heterocycles. The van der Waals surface area contributed by atoms with Crippen LogP contribution < -0.4 is 10.6 Å². The lowest BCUT2D eigenvalue weighted by molar-refractivity contribution is -0.142. The minimum Gasteiger partial charge on any atom is -0.324 e. The molecule has 0 spiro atoms. The van der Waals surface area contributed by atoms with E-state index >= 15 is 0 Å². The van der Waals surface area contributed by atoms with E-state index in [2.05, 4.69) is 10.6 Å². The Kier molecular flexibility index (Phi) is 5.62. The monoisotopic (exact) mass is 421 g/mol. The van der Waals surface area contributed by atoms with Crippen LogP contribution in [0.2, 0.25) is 0 Å². The van der Waals surface area contributed by atoms with Crippen molar-refractivity contribution in [2.75, 3.05) is 17.2 Å². The lowest BCUT2D eigenvalue weighted by Gasteiger charge is -2.16. The Hall–Kier alpha value is -3.81. The number of hydrogen-bond donors (Lipinski definition) is 2. The van der Waals surface area contributed by atoms with Crippen molar-refractivity contribution in [3.05, 3.63) is 72.1 Å². The number of halogens is 1. The maximum Gasteiger partial charge on any atom is 0.257 e. The maximum atomic E-state index is 13.1. The van der Waals surface area contributed by atoms with Crippen LogP contribution in [0.5, 0.6) is 0 Å². The second kappa shape index (κ2) is 8.51. The van der Waals surface area contributed by atoms with Crippen molar-refractivity contribution in [1.29, 1.82) is 0 Å². The first-order valence-electron chi connectivity index (χ1n) is 9.90. The molecule has 1 aliphatic carbocycles. The standard InChI is InChI=1S/C23H20FN3O4/c24-14-9-11-15(12-10-14)25-21(29)18-7-3-4-8-19(18)26-20(28)13-27-22(30)16-5-1-2-6-17(16)23(27)31/h1-4,7-12,16-17H,5-6,13H2,(H,25,29)(H,26,28)/t16-,17-/m1/s1. The molecule has 1 aliphatic heterocycles. The van der Waals surface area contributed by atoms with Gasteiger partial charge in [-0.3, -0.25) is 24.1 Å². The number of anilines is 2. The van der Waals surface area contributed by atoms with Gasteiger partial charge < -0.3 is 10.6 Å². The molecule has 1 saturated heterocycles. The number of carbonyl (C=O) groups excluding carboxylic acids is 4. The number of carbonyl (C=O) groups is 4. The van der Waals surface area contributed by atoms with Crippen LogP contribution in [-0.2, 0) is 14.4 Å². The van der Waals surface area contributed by atoms with Crippen molar-refractivity contribution in [2.45, 2.75) is 12.8 Å². The second-order valence-corrected chi connectivity index (χ2v) is 7.47. The summed E-state index contributed by atoms with van der Waals surface area (Å²) < 4.78 is 13.1. The third kappa shape index (κ3) is 4.23. The average Bonchev–Trinajstić information content (AvgIpc) is 3.01. The summed E-state index contributed by atoms with van der Waals surface area (Å²) in [6.07, 6.45) is 4.76. The minimum atomic E-state index is -0.574. The lowest BCUT2D eigenvalue weighted by Crippen LogP contribution is -2.38. The second-order valence-electron chi connectivity index (χ2n) is 7.47. The summed E-state index contributed by atoms with van der Waals surface area (Å²) in [5.74, 6) is -2.97. The highest BCUT2D eigenvalue weighted by Gasteiger charge is 2.47. The lowest BCUT2D eigenvalue weighted by atomic mass is 9.85. The molecular weight excluding hydrogens is 401 g/mol. The van der Waals surface area contributed by atoms with Crippen molar-refractivity contribution >= 4 is 35.0 Å². The van der Waals surface area contributed by atoms with Crippen LogP contribution in [0.3, 0.4) is 0 Å². The number of benzene rings is 2. The fourth-order valence-corrected chi connectivity index (χ4v) is 3.88. The van der Waals surface area contributed by atoms with Gasteiger partial charge in [0.1, 0.15) is 12.4 Å². The summed E-state index contributed by atoms with van der Waals surface area (Å²) in [4.78, 5) is 51.3. The number of amides is 4. The number of allylic oxidation sites excluding steroid dienone is 2. The van der Waals surface area contributed by atoms with E-state index in [9.17, 15) is 23.6 Å². The van der Waals surface area contributed by atoms with E-state index in [0.717, 1.165) is 4.90 Å². The van der Waals surface area contributed by atoms with E-state index in [1.807, 2.05) is 12.2 Å². The number of para-hydroxylation sites is 1. The molecule has 2 aromatic carbocycles. The van der Waals surface area contributed by atoms with Crippen molar-refractivity contribution < 1.29 is 23.6 Å². The number of hydrogen-bond acceptors (Lipinski definition) is 4. The van der Waals surface area contributed by atoms with E-state index in [1.165, 1.54) is 30.3 Å². The predicted molar refractivity (Wildman–Crippen MR) is 111 cm³/mol. The highest BCUT2D eigenvalue weighted by atomic mass is 19.1. The van der Waals surface area contributed by atoms with Crippen LogP contribution >= 0.6 is 0 Å². The molecule has 4 amide bonds. The van der Waals surface area contributed by atoms with Crippen molar-refractivity contribution in [2.24, 2.45) is 11.8 Å². The Labute approximate surface area is 177 Å². The molecule has 0 unspecified atom stereocenters. The van der Waals surface area contributed by atoms with E-state index < -0.39 is 36.0 Å². The van der Waals surface area contributed by atoms with Gasteiger partial charge in [-0.2, -0.15) is 0 Å². The predicted octanol–water partition coefficient (Wildman–Crippen LogP) is 2.97. The van der Waals surface area contributed by atoms with Gasteiger partial charge in [0.25, 0.3) is 5.91 Å². The Balaban J connectivity index is 1.44. The first-order chi connectivity index (χ1) is 14.9. The highest BCUT2D eigenvalue weighted by Crippen LogP contribution is 2.34. The fraction of sp³-hybridized carbons (Fsp3) is 0.217. The molecule has 0 radical (unpaired) electrons. The van der Waals surface area contributed by atoms with Crippen molar-refractivity contribution in [3.63, 3.8) is 0 Å². The van der Waals surface area contributed by atoms with E-state index in [-0.39, 0.29) is 23.1 Å². The molecule has 7 nitrogen and oxygen atoms in total. The molecule has 2 aromatic rings. The molecule has 4 rings (SSSR count). The Morgan fingerprint density at radius 3 is 2.16 bits per heavy atom. The van der Waals surface area contributed by atoms with Gasteiger partial charge in [0.2, 0.25) is 17.7 Å². The van der Waals surface area contributed by atoms with Crippen LogP contribution in [0.25, 0.3) is 0 Å². The zero-order valence-corrected chi connectivity index (χ0v) is 16.5. The normalized spacial score (nSPS) is 19.8. The zero-order chi connectivity index (χ0) is 22.0. The molecule has 31 heavy (non-hydrogen) atoms. The van der Waals surface area contributed by atoms with Crippen molar-refractivity contribution in [3.8, 4) is 0 Å². The smallest absolute Gasteiger partial charge is 0.257 e. The third-order valence-corrected chi connectivity index (χ3v) is 5.45. The molecule has 1 fully saturated rings. The van der Waals surface area contributed by atoms with Crippen LogP contribution in [0, 0.1) is 17.7 Å². The van der Waals surface area contributed by atoms with E-state index in [1.54, 1.807) is 18.2 Å². The summed E-state index contributed by atoms with van der Waals surface area (Å²) in [6.45, 7) is -0.404. The summed E-state index contributed by atoms with van der Waals surface area (Å²) in [5.41, 5.74) is 0.833. The Bertz CT molecular complexity index is 1050. The largest absolute Gasteiger partial charge is 0.324 e. The Morgan fingerprint density at radius 1 is 0.903 bits per heavy atom. The molecule has 0 bridgehead atoms. The number of rotatable bonds is 5. The van der Waals surface area contributed by atoms with Crippen LogP contribution in [0.1, 0.15) is 23.2 Å². The van der Waals surface area contributed by atoms with Crippen molar-refractivity contribution in [1.82, 2.24) is 4.90 Å². The van der Waals surface area contributed by atoms with Gasteiger partial charge in [-0.25, -0.2) is 4.39 Å². The van der Waals surface area contributed by atoms with Crippen LogP contribution in [0.15, 0.2) is 60.7 Å². The number of imide groups is 1. The van der Waals surface area contributed by atoms with Crippen LogP contribution in [0.4, 0.5) is 15.8 Å². The van der Waals surface area contributed by atoms with Gasteiger partial charge in [0.05, 0.1) is 23.1 Å². The zero-order valence-electron chi connectivity index (χ0n) is 16.5. The maximum absolute atomic E-state index is 13.1. The Morgan fingerprint density at radius 2 is 1.52 bits per heavy atom. The molecule has 8 heteroatoms. The topological polar surface area (TPSA) is 95.6 Å². The minimum absolute atomic E-state index is 0.192. The van der Waals surface area contributed by atoms with Crippen LogP contribution in [-0.4, -0.2) is 35.1 Å². The number of nitrogens with one attached hydrogen (secondary N) is 2. The van der Waals surface area contributed by atoms with Gasteiger partial charge >= 0.3 is 0 Å². The number of nitrogens with zero attached hydrogens (tertiary/aromatic N) is 1. The van der Waals surface area contributed by atoms with Gasteiger partial charge in [-0.15, -0.1) is 0 Å². The first-order valence-corrected chi connectivity index (χ1v) is 9.90. The summed E-state index contributed by atoms with van der Waals surface area (Å²) in [6, 6.07) is 11.7. The van der Waals surface area contributed by atoms with E-state index in [0.29, 0.717) is 18.5 Å². The van der Waals surface area contributed by atoms with Gasteiger partial charge in [-0.05, 0) is 49.2 Å². The first kappa shape index (κ1) is 20.5. The quantitative estimate of drug-likeness (QED) is 0.573. The van der Waals surface area contributed by atoms with E-state index in [4.69, 9.17) is 0 Å². The molecular formula is C23H20FN3O4. The third-order valence-electron chi connectivity index (χ3n) is 5.45. The summed E-state index contributed by atoms with van der Waals surface area (Å²) in [7, 11) is 0.